The normalized spacial score (nSPS) is 24.3. The molecule has 0 aliphatic carbocycles. The van der Waals surface area contributed by atoms with Gasteiger partial charge in [0.2, 0.25) is 0 Å². The zero-order valence-electron chi connectivity index (χ0n) is 17.4. The number of allylic oxidation sites excluding steroid dienone is 1. The van der Waals surface area contributed by atoms with Crippen molar-refractivity contribution in [1.82, 2.24) is 15.2 Å². The molecule has 8 heteroatoms. The van der Waals surface area contributed by atoms with E-state index in [2.05, 4.69) is 38.9 Å². The van der Waals surface area contributed by atoms with Gasteiger partial charge in [-0.25, -0.2) is 0 Å². The molecule has 3 aliphatic heterocycles. The van der Waals surface area contributed by atoms with E-state index in [4.69, 9.17) is 10.5 Å². The number of rotatable bonds is 6. The third-order valence-corrected chi connectivity index (χ3v) is 7.62. The molecule has 0 bridgehead atoms. The minimum absolute atomic E-state index is 0.153. The van der Waals surface area contributed by atoms with Gasteiger partial charge < -0.3 is 20.7 Å². The highest BCUT2D eigenvalue weighted by Crippen LogP contribution is 2.29. The molecule has 4 rings (SSSR count). The van der Waals surface area contributed by atoms with Crippen LogP contribution in [0.25, 0.3) is 0 Å². The number of hydrogen-bond acceptors (Lipinski definition) is 6. The molecule has 1 aromatic rings. The van der Waals surface area contributed by atoms with E-state index < -0.39 is 10.8 Å². The zero-order chi connectivity index (χ0) is 20.9. The van der Waals surface area contributed by atoms with Gasteiger partial charge in [0.15, 0.2) is 0 Å². The van der Waals surface area contributed by atoms with Crippen LogP contribution in [-0.2, 0) is 15.5 Å². The maximum atomic E-state index is 12.6. The highest BCUT2D eigenvalue weighted by molar-refractivity contribution is 7.90. The lowest BCUT2D eigenvalue weighted by Crippen LogP contribution is -2.37. The fourth-order valence-electron chi connectivity index (χ4n) is 4.38. The van der Waals surface area contributed by atoms with Crippen molar-refractivity contribution < 1.29 is 8.95 Å². The smallest absolute Gasteiger partial charge is 0.136 e. The number of nitrogens with two attached hydrogens (primary N) is 1. The van der Waals surface area contributed by atoms with E-state index in [1.807, 2.05) is 12.4 Å². The number of pyridine rings is 1. The predicted octanol–water partition coefficient (Wildman–Crippen LogP) is 2.22. The monoisotopic (exact) mass is 429 g/mol. The Morgan fingerprint density at radius 1 is 1.23 bits per heavy atom. The Morgan fingerprint density at radius 2 is 1.93 bits per heavy atom. The van der Waals surface area contributed by atoms with Crippen LogP contribution in [-0.4, -0.2) is 58.0 Å². The SMILES string of the molecule is C=C(NC1=C(C(N)=NC2CCOCC2)S(=O)CC1)N1CCC(c2ccncc2)CC1. The van der Waals surface area contributed by atoms with E-state index in [1.54, 1.807) is 0 Å². The Kier molecular flexibility index (Phi) is 6.84. The second kappa shape index (κ2) is 9.75. The molecule has 0 saturated carbocycles. The molecule has 4 heterocycles. The molecule has 2 saturated heterocycles. The van der Waals surface area contributed by atoms with Crippen LogP contribution in [0.2, 0.25) is 0 Å². The standard InChI is InChI=1S/C22H31N5O2S/c1-16(27-11-4-18(5-12-27)17-2-9-24-10-3-17)25-20-8-15-30(28)21(20)22(23)26-19-6-13-29-14-7-19/h2-3,9-10,18-19,25H,1,4-8,11-15H2,(H2,23,26). The predicted molar refractivity (Wildman–Crippen MR) is 120 cm³/mol. The van der Waals surface area contributed by atoms with Crippen molar-refractivity contribution in [1.29, 1.82) is 0 Å². The van der Waals surface area contributed by atoms with Crippen LogP contribution in [0.3, 0.4) is 0 Å². The van der Waals surface area contributed by atoms with Gasteiger partial charge in [0.25, 0.3) is 0 Å². The molecule has 0 radical (unpaired) electrons. The number of aliphatic imine (C=N–C) groups is 1. The van der Waals surface area contributed by atoms with Crippen molar-refractivity contribution >= 4 is 16.6 Å². The number of piperidine rings is 1. The van der Waals surface area contributed by atoms with Crippen molar-refractivity contribution in [2.75, 3.05) is 32.1 Å². The lowest BCUT2D eigenvalue weighted by Gasteiger charge is -2.35. The maximum Gasteiger partial charge on any atom is 0.136 e. The fourth-order valence-corrected chi connectivity index (χ4v) is 5.69. The molecule has 30 heavy (non-hydrogen) atoms. The number of ether oxygens (including phenoxy) is 1. The minimum Gasteiger partial charge on any atom is -0.383 e. The number of likely N-dealkylation sites (tertiary alicyclic amines) is 1. The highest BCUT2D eigenvalue weighted by Gasteiger charge is 2.28. The summed E-state index contributed by atoms with van der Waals surface area (Å²) in [4.78, 5) is 11.7. The quantitative estimate of drug-likeness (QED) is 0.532. The molecule has 0 spiro atoms. The van der Waals surface area contributed by atoms with E-state index in [-0.39, 0.29) is 6.04 Å². The second-order valence-electron chi connectivity index (χ2n) is 8.08. The van der Waals surface area contributed by atoms with Gasteiger partial charge >= 0.3 is 0 Å². The first kappa shape index (κ1) is 21.1. The summed E-state index contributed by atoms with van der Waals surface area (Å²) in [6.07, 6.45) is 8.32. The van der Waals surface area contributed by atoms with E-state index in [1.165, 1.54) is 5.56 Å². The average molecular weight is 430 g/mol. The van der Waals surface area contributed by atoms with Crippen molar-refractivity contribution in [2.45, 2.75) is 44.1 Å². The summed E-state index contributed by atoms with van der Waals surface area (Å²) in [5.41, 5.74) is 8.56. The zero-order valence-corrected chi connectivity index (χ0v) is 18.2. The lowest BCUT2D eigenvalue weighted by molar-refractivity contribution is 0.0871. The van der Waals surface area contributed by atoms with E-state index in [0.717, 1.165) is 50.3 Å². The van der Waals surface area contributed by atoms with Crippen LogP contribution in [0, 0.1) is 0 Å². The molecule has 0 aromatic carbocycles. The molecule has 1 unspecified atom stereocenters. The lowest BCUT2D eigenvalue weighted by atomic mass is 9.90. The molecule has 162 valence electrons. The third-order valence-electron chi connectivity index (χ3n) is 6.13. The maximum absolute atomic E-state index is 12.6. The number of aromatic nitrogens is 1. The summed E-state index contributed by atoms with van der Waals surface area (Å²) < 4.78 is 18.0. The first-order valence-corrected chi connectivity index (χ1v) is 12.1. The van der Waals surface area contributed by atoms with Crippen molar-refractivity contribution in [2.24, 2.45) is 10.7 Å². The van der Waals surface area contributed by atoms with Gasteiger partial charge in [-0.05, 0) is 49.3 Å². The molecule has 3 aliphatic rings. The summed E-state index contributed by atoms with van der Waals surface area (Å²) in [6.45, 7) is 7.55. The van der Waals surface area contributed by atoms with Crippen LogP contribution in [0.1, 0.15) is 43.6 Å². The summed E-state index contributed by atoms with van der Waals surface area (Å²) >= 11 is 0. The number of hydrogen-bond donors (Lipinski definition) is 2. The van der Waals surface area contributed by atoms with E-state index in [9.17, 15) is 4.21 Å². The van der Waals surface area contributed by atoms with Crippen molar-refractivity contribution in [3.05, 3.63) is 53.1 Å². The van der Waals surface area contributed by atoms with E-state index >= 15 is 0 Å². The van der Waals surface area contributed by atoms with Crippen LogP contribution < -0.4 is 11.1 Å². The van der Waals surface area contributed by atoms with Gasteiger partial charge in [-0.1, -0.05) is 6.58 Å². The Bertz CT molecular complexity index is 840. The topological polar surface area (TPSA) is 92.8 Å². The second-order valence-corrected chi connectivity index (χ2v) is 9.59. The largest absolute Gasteiger partial charge is 0.383 e. The van der Waals surface area contributed by atoms with E-state index in [0.29, 0.717) is 42.0 Å². The molecular weight excluding hydrogens is 398 g/mol. The van der Waals surface area contributed by atoms with Gasteiger partial charge in [0, 0.05) is 56.6 Å². The molecule has 2 fully saturated rings. The first-order chi connectivity index (χ1) is 14.6. The molecule has 3 N–H and O–H groups in total. The van der Waals surface area contributed by atoms with Crippen LogP contribution in [0.15, 0.2) is 52.5 Å². The van der Waals surface area contributed by atoms with Crippen LogP contribution in [0.4, 0.5) is 0 Å². The summed E-state index contributed by atoms with van der Waals surface area (Å²) in [7, 11) is -1.11. The van der Waals surface area contributed by atoms with Crippen molar-refractivity contribution in [3.8, 4) is 0 Å². The number of nitrogens with one attached hydrogen (secondary N) is 1. The molecule has 0 amide bonds. The van der Waals surface area contributed by atoms with Gasteiger partial charge in [-0.15, -0.1) is 0 Å². The molecule has 1 aromatic heterocycles. The average Bonchev–Trinajstić information content (AvgIpc) is 3.15. The third kappa shape index (κ3) is 4.92. The Balaban J connectivity index is 1.39. The fraction of sp³-hybridized carbons (Fsp3) is 0.545. The first-order valence-electron chi connectivity index (χ1n) is 10.8. The highest BCUT2D eigenvalue weighted by atomic mass is 32.2. The van der Waals surface area contributed by atoms with Gasteiger partial charge in [-0.2, -0.15) is 0 Å². The van der Waals surface area contributed by atoms with Gasteiger partial charge in [0.05, 0.1) is 27.6 Å². The van der Waals surface area contributed by atoms with Crippen molar-refractivity contribution in [3.63, 3.8) is 0 Å². The summed E-state index contributed by atoms with van der Waals surface area (Å²) in [5.74, 6) is 2.41. The summed E-state index contributed by atoms with van der Waals surface area (Å²) in [6, 6.07) is 4.37. The Hall–Kier alpha value is -2.19. The Morgan fingerprint density at radius 3 is 2.63 bits per heavy atom. The molecule has 1 atom stereocenters. The van der Waals surface area contributed by atoms with Crippen LogP contribution in [0.5, 0.6) is 0 Å². The Labute approximate surface area is 180 Å². The van der Waals surface area contributed by atoms with Gasteiger partial charge in [0.1, 0.15) is 5.84 Å². The molecule has 7 nitrogen and oxygen atoms in total. The molecular formula is C22H31N5O2S. The van der Waals surface area contributed by atoms with Crippen LogP contribution >= 0.6 is 0 Å². The number of amidine groups is 1. The van der Waals surface area contributed by atoms with Gasteiger partial charge in [-0.3, -0.25) is 14.2 Å². The summed E-state index contributed by atoms with van der Waals surface area (Å²) in [5, 5.41) is 3.42. The number of nitrogens with zero attached hydrogens (tertiary/aromatic N) is 3. The minimum atomic E-state index is -1.11.